The Labute approximate surface area is 112 Å². The number of aryl methyl sites for hydroxylation is 2. The molecule has 0 spiro atoms. The van der Waals surface area contributed by atoms with Gasteiger partial charge in [-0.2, -0.15) is 0 Å². The van der Waals surface area contributed by atoms with Crippen LogP contribution in [0.15, 0.2) is 12.4 Å². The standard InChI is InChI=1S/C15H29N3/c1-5-9-16-14(13(3)4)7-8-15-17-10-12-18(15)11-6-2/h10,12-14,16H,5-9,11H2,1-4H3. The minimum absolute atomic E-state index is 0.608. The Morgan fingerprint density at radius 2 is 2.06 bits per heavy atom. The van der Waals surface area contributed by atoms with Gasteiger partial charge in [0.2, 0.25) is 0 Å². The van der Waals surface area contributed by atoms with Crippen molar-refractivity contribution in [2.45, 2.75) is 66.0 Å². The normalized spacial score (nSPS) is 13.2. The number of nitrogens with zero attached hydrogens (tertiary/aromatic N) is 2. The van der Waals surface area contributed by atoms with Crippen LogP contribution in [0.3, 0.4) is 0 Å². The molecule has 1 N–H and O–H groups in total. The van der Waals surface area contributed by atoms with Gasteiger partial charge in [0.1, 0.15) is 5.82 Å². The van der Waals surface area contributed by atoms with Crippen LogP contribution in [-0.2, 0) is 13.0 Å². The second kappa shape index (κ2) is 8.30. The van der Waals surface area contributed by atoms with Crippen LogP contribution in [0.1, 0.15) is 52.8 Å². The second-order valence-electron chi connectivity index (χ2n) is 5.38. The van der Waals surface area contributed by atoms with Crippen molar-refractivity contribution in [3.05, 3.63) is 18.2 Å². The Hall–Kier alpha value is -0.830. The molecule has 1 unspecified atom stereocenters. The van der Waals surface area contributed by atoms with Gasteiger partial charge in [-0.15, -0.1) is 0 Å². The smallest absolute Gasteiger partial charge is 0.108 e. The molecule has 18 heavy (non-hydrogen) atoms. The summed E-state index contributed by atoms with van der Waals surface area (Å²) in [5, 5.41) is 3.65. The van der Waals surface area contributed by atoms with Crippen molar-refractivity contribution in [2.24, 2.45) is 5.92 Å². The lowest BCUT2D eigenvalue weighted by Gasteiger charge is -2.22. The second-order valence-corrected chi connectivity index (χ2v) is 5.38. The molecule has 1 aromatic heterocycles. The molecule has 0 aliphatic carbocycles. The molecule has 1 atom stereocenters. The van der Waals surface area contributed by atoms with Gasteiger partial charge in [-0.05, 0) is 31.7 Å². The molecule has 0 aliphatic rings. The van der Waals surface area contributed by atoms with Crippen molar-refractivity contribution in [3.63, 3.8) is 0 Å². The van der Waals surface area contributed by atoms with E-state index in [-0.39, 0.29) is 0 Å². The van der Waals surface area contributed by atoms with E-state index in [1.807, 2.05) is 6.20 Å². The average Bonchev–Trinajstić information content (AvgIpc) is 2.77. The monoisotopic (exact) mass is 251 g/mol. The summed E-state index contributed by atoms with van der Waals surface area (Å²) < 4.78 is 2.29. The first-order valence-corrected chi connectivity index (χ1v) is 7.42. The van der Waals surface area contributed by atoms with Crippen LogP contribution in [0.2, 0.25) is 0 Å². The van der Waals surface area contributed by atoms with Gasteiger partial charge in [0.25, 0.3) is 0 Å². The Bertz CT molecular complexity index is 317. The Morgan fingerprint density at radius 1 is 1.28 bits per heavy atom. The molecule has 0 aliphatic heterocycles. The van der Waals surface area contributed by atoms with Gasteiger partial charge in [-0.25, -0.2) is 4.98 Å². The van der Waals surface area contributed by atoms with Gasteiger partial charge in [-0.3, -0.25) is 0 Å². The van der Waals surface area contributed by atoms with E-state index in [4.69, 9.17) is 0 Å². The van der Waals surface area contributed by atoms with Crippen molar-refractivity contribution in [1.29, 1.82) is 0 Å². The Morgan fingerprint density at radius 3 is 2.67 bits per heavy atom. The molecule has 0 fully saturated rings. The van der Waals surface area contributed by atoms with E-state index in [1.165, 1.54) is 25.1 Å². The molecular formula is C15H29N3. The molecule has 0 saturated carbocycles. The zero-order valence-corrected chi connectivity index (χ0v) is 12.4. The van der Waals surface area contributed by atoms with E-state index in [1.54, 1.807) is 0 Å². The quantitative estimate of drug-likeness (QED) is 0.730. The Balaban J connectivity index is 2.47. The molecule has 3 nitrogen and oxygen atoms in total. The summed E-state index contributed by atoms with van der Waals surface area (Å²) in [7, 11) is 0. The predicted octanol–water partition coefficient (Wildman–Crippen LogP) is 3.25. The predicted molar refractivity (Wildman–Crippen MR) is 77.8 cm³/mol. The highest BCUT2D eigenvalue weighted by Gasteiger charge is 2.13. The van der Waals surface area contributed by atoms with E-state index in [2.05, 4.69) is 48.8 Å². The van der Waals surface area contributed by atoms with Crippen LogP contribution in [-0.4, -0.2) is 22.1 Å². The number of hydrogen-bond donors (Lipinski definition) is 1. The van der Waals surface area contributed by atoms with Crippen molar-refractivity contribution < 1.29 is 0 Å². The number of imidazole rings is 1. The van der Waals surface area contributed by atoms with Crippen LogP contribution in [0.4, 0.5) is 0 Å². The fourth-order valence-electron chi connectivity index (χ4n) is 2.30. The number of nitrogens with one attached hydrogen (secondary N) is 1. The van der Waals surface area contributed by atoms with Gasteiger partial charge in [0.15, 0.2) is 0 Å². The highest BCUT2D eigenvalue weighted by atomic mass is 15.1. The van der Waals surface area contributed by atoms with Crippen molar-refractivity contribution in [3.8, 4) is 0 Å². The fourth-order valence-corrected chi connectivity index (χ4v) is 2.30. The van der Waals surface area contributed by atoms with Crippen LogP contribution < -0.4 is 5.32 Å². The van der Waals surface area contributed by atoms with Gasteiger partial charge < -0.3 is 9.88 Å². The minimum atomic E-state index is 0.608. The molecule has 3 heteroatoms. The van der Waals surface area contributed by atoms with E-state index >= 15 is 0 Å². The Kier molecular flexibility index (Phi) is 7.02. The maximum atomic E-state index is 4.48. The number of hydrogen-bond acceptors (Lipinski definition) is 2. The number of aromatic nitrogens is 2. The van der Waals surface area contributed by atoms with E-state index < -0.39 is 0 Å². The van der Waals surface area contributed by atoms with Gasteiger partial charge >= 0.3 is 0 Å². The zero-order valence-electron chi connectivity index (χ0n) is 12.4. The van der Waals surface area contributed by atoms with Crippen LogP contribution in [0.25, 0.3) is 0 Å². The molecule has 1 heterocycles. The van der Waals surface area contributed by atoms with Gasteiger partial charge in [-0.1, -0.05) is 27.7 Å². The topological polar surface area (TPSA) is 29.9 Å². The van der Waals surface area contributed by atoms with Crippen LogP contribution in [0.5, 0.6) is 0 Å². The first-order valence-electron chi connectivity index (χ1n) is 7.42. The summed E-state index contributed by atoms with van der Waals surface area (Å²) in [6.45, 7) is 11.2. The summed E-state index contributed by atoms with van der Waals surface area (Å²) in [6, 6.07) is 0.608. The zero-order chi connectivity index (χ0) is 13.4. The third-order valence-electron chi connectivity index (χ3n) is 3.41. The van der Waals surface area contributed by atoms with E-state index in [0.717, 1.165) is 19.5 Å². The molecule has 0 aromatic carbocycles. The summed E-state index contributed by atoms with van der Waals surface area (Å²) >= 11 is 0. The molecule has 0 bridgehead atoms. The maximum absolute atomic E-state index is 4.48. The molecule has 1 aromatic rings. The first-order chi connectivity index (χ1) is 8.69. The molecule has 0 saturated heterocycles. The first kappa shape index (κ1) is 15.2. The molecular weight excluding hydrogens is 222 g/mol. The molecule has 0 radical (unpaired) electrons. The number of rotatable bonds is 9. The summed E-state index contributed by atoms with van der Waals surface area (Å²) in [5.41, 5.74) is 0. The molecule has 104 valence electrons. The highest BCUT2D eigenvalue weighted by Crippen LogP contribution is 2.11. The lowest BCUT2D eigenvalue weighted by molar-refractivity contribution is 0.374. The van der Waals surface area contributed by atoms with Gasteiger partial charge in [0, 0.05) is 31.4 Å². The van der Waals surface area contributed by atoms with E-state index in [9.17, 15) is 0 Å². The highest BCUT2D eigenvalue weighted by molar-refractivity contribution is 4.93. The van der Waals surface area contributed by atoms with Crippen molar-refractivity contribution in [2.75, 3.05) is 6.54 Å². The van der Waals surface area contributed by atoms with Crippen molar-refractivity contribution in [1.82, 2.24) is 14.9 Å². The third-order valence-corrected chi connectivity index (χ3v) is 3.41. The molecule has 0 amide bonds. The maximum Gasteiger partial charge on any atom is 0.108 e. The summed E-state index contributed by atoms with van der Waals surface area (Å²) in [6.07, 6.45) is 8.65. The summed E-state index contributed by atoms with van der Waals surface area (Å²) in [4.78, 5) is 4.48. The average molecular weight is 251 g/mol. The SMILES string of the molecule is CCCNC(CCc1nccn1CCC)C(C)C. The van der Waals surface area contributed by atoms with Crippen molar-refractivity contribution >= 4 is 0 Å². The van der Waals surface area contributed by atoms with Crippen LogP contribution >= 0.6 is 0 Å². The lowest BCUT2D eigenvalue weighted by atomic mass is 9.99. The fraction of sp³-hybridized carbons (Fsp3) is 0.800. The lowest BCUT2D eigenvalue weighted by Crippen LogP contribution is -2.35. The minimum Gasteiger partial charge on any atom is -0.335 e. The largest absolute Gasteiger partial charge is 0.335 e. The van der Waals surface area contributed by atoms with Crippen LogP contribution in [0, 0.1) is 5.92 Å². The summed E-state index contributed by atoms with van der Waals surface area (Å²) in [5.74, 6) is 1.92. The van der Waals surface area contributed by atoms with E-state index in [0.29, 0.717) is 12.0 Å². The van der Waals surface area contributed by atoms with Gasteiger partial charge in [0.05, 0.1) is 0 Å². The molecule has 1 rings (SSSR count). The third kappa shape index (κ3) is 4.81.